The summed E-state index contributed by atoms with van der Waals surface area (Å²) in [5.41, 5.74) is 5.89. The second kappa shape index (κ2) is 6.16. The SMILES string of the molecule is NCC(O)c1ccc(OC(F)F)c(OCC2CC2)c1. The molecule has 0 saturated heterocycles. The number of rotatable bonds is 7. The second-order valence-electron chi connectivity index (χ2n) is 4.59. The molecular weight excluding hydrogens is 256 g/mol. The van der Waals surface area contributed by atoms with E-state index in [0.717, 1.165) is 12.8 Å². The third kappa shape index (κ3) is 4.04. The van der Waals surface area contributed by atoms with Gasteiger partial charge in [0.2, 0.25) is 0 Å². The highest BCUT2D eigenvalue weighted by atomic mass is 19.3. The zero-order chi connectivity index (χ0) is 13.8. The zero-order valence-corrected chi connectivity index (χ0v) is 10.4. The summed E-state index contributed by atoms with van der Waals surface area (Å²) in [5, 5.41) is 9.65. The number of aliphatic hydroxyl groups is 1. The Labute approximate surface area is 110 Å². The van der Waals surface area contributed by atoms with E-state index >= 15 is 0 Å². The lowest BCUT2D eigenvalue weighted by atomic mass is 10.1. The van der Waals surface area contributed by atoms with Gasteiger partial charge in [-0.2, -0.15) is 8.78 Å². The number of hydrogen-bond donors (Lipinski definition) is 2. The van der Waals surface area contributed by atoms with Crippen LogP contribution < -0.4 is 15.2 Å². The molecule has 3 N–H and O–H groups in total. The lowest BCUT2D eigenvalue weighted by molar-refractivity contribution is -0.0515. The highest BCUT2D eigenvalue weighted by Gasteiger charge is 2.23. The lowest BCUT2D eigenvalue weighted by Crippen LogP contribution is -2.12. The molecule has 4 nitrogen and oxygen atoms in total. The van der Waals surface area contributed by atoms with Crippen LogP contribution in [0, 0.1) is 5.92 Å². The number of alkyl halides is 2. The lowest BCUT2D eigenvalue weighted by Gasteiger charge is -2.15. The smallest absolute Gasteiger partial charge is 0.387 e. The third-order valence-corrected chi connectivity index (χ3v) is 2.96. The van der Waals surface area contributed by atoms with Crippen molar-refractivity contribution in [2.45, 2.75) is 25.6 Å². The molecule has 1 aromatic carbocycles. The normalized spacial score (nSPS) is 16.5. The number of aliphatic hydroxyl groups excluding tert-OH is 1. The standard InChI is InChI=1S/C13H17F2NO3/c14-13(15)19-11-4-3-9(10(17)6-16)5-12(11)18-7-8-1-2-8/h3-5,8,10,13,17H,1-2,6-7,16H2. The van der Waals surface area contributed by atoms with Gasteiger partial charge in [0.1, 0.15) is 0 Å². The quantitative estimate of drug-likeness (QED) is 0.798. The molecule has 1 atom stereocenters. The molecule has 1 aromatic rings. The molecule has 1 unspecified atom stereocenters. The maximum Gasteiger partial charge on any atom is 0.387 e. The first-order valence-electron chi connectivity index (χ1n) is 6.20. The molecule has 1 aliphatic carbocycles. The summed E-state index contributed by atoms with van der Waals surface area (Å²) in [4.78, 5) is 0. The van der Waals surface area contributed by atoms with Gasteiger partial charge in [-0.05, 0) is 36.5 Å². The summed E-state index contributed by atoms with van der Waals surface area (Å²) < 4.78 is 34.5. The first-order chi connectivity index (χ1) is 9.10. The Bertz CT molecular complexity index is 424. The van der Waals surface area contributed by atoms with Crippen molar-refractivity contribution in [1.82, 2.24) is 0 Å². The van der Waals surface area contributed by atoms with E-state index in [0.29, 0.717) is 18.1 Å². The Morgan fingerprint density at radius 1 is 1.32 bits per heavy atom. The van der Waals surface area contributed by atoms with Crippen LogP contribution in [0.2, 0.25) is 0 Å². The van der Waals surface area contributed by atoms with Crippen LogP contribution in [-0.4, -0.2) is 24.9 Å². The van der Waals surface area contributed by atoms with E-state index in [1.807, 2.05) is 0 Å². The Balaban J connectivity index is 2.15. The molecule has 0 bridgehead atoms. The van der Waals surface area contributed by atoms with Crippen LogP contribution in [0.4, 0.5) is 8.78 Å². The van der Waals surface area contributed by atoms with Crippen molar-refractivity contribution >= 4 is 0 Å². The Kier molecular flexibility index (Phi) is 4.55. The van der Waals surface area contributed by atoms with Crippen LogP contribution >= 0.6 is 0 Å². The molecule has 19 heavy (non-hydrogen) atoms. The van der Waals surface area contributed by atoms with E-state index in [1.165, 1.54) is 18.2 Å². The Morgan fingerprint density at radius 2 is 2.05 bits per heavy atom. The van der Waals surface area contributed by atoms with Crippen LogP contribution in [0.5, 0.6) is 11.5 Å². The summed E-state index contributed by atoms with van der Waals surface area (Å²) in [6, 6.07) is 4.36. The minimum Gasteiger partial charge on any atom is -0.489 e. The molecule has 0 radical (unpaired) electrons. The second-order valence-corrected chi connectivity index (χ2v) is 4.59. The van der Waals surface area contributed by atoms with Gasteiger partial charge in [-0.15, -0.1) is 0 Å². The van der Waals surface area contributed by atoms with Crippen LogP contribution in [0.25, 0.3) is 0 Å². The molecular formula is C13H17F2NO3. The van der Waals surface area contributed by atoms with Crippen molar-refractivity contribution in [3.63, 3.8) is 0 Å². The van der Waals surface area contributed by atoms with Crippen molar-refractivity contribution < 1.29 is 23.4 Å². The van der Waals surface area contributed by atoms with Gasteiger partial charge < -0.3 is 20.3 Å². The predicted molar refractivity (Wildman–Crippen MR) is 65.3 cm³/mol. The first kappa shape index (κ1) is 14.0. The number of nitrogens with two attached hydrogens (primary N) is 1. The summed E-state index contributed by atoms with van der Waals surface area (Å²) in [5.74, 6) is 0.684. The molecule has 0 spiro atoms. The van der Waals surface area contributed by atoms with Crippen molar-refractivity contribution in [2.24, 2.45) is 11.7 Å². The average Bonchev–Trinajstić information content (AvgIpc) is 3.20. The highest BCUT2D eigenvalue weighted by Crippen LogP contribution is 2.35. The van der Waals surface area contributed by atoms with Gasteiger partial charge in [-0.3, -0.25) is 0 Å². The van der Waals surface area contributed by atoms with Crippen molar-refractivity contribution in [1.29, 1.82) is 0 Å². The first-order valence-corrected chi connectivity index (χ1v) is 6.20. The van der Waals surface area contributed by atoms with Crippen LogP contribution in [0.1, 0.15) is 24.5 Å². The van der Waals surface area contributed by atoms with E-state index in [2.05, 4.69) is 4.74 Å². The van der Waals surface area contributed by atoms with Crippen LogP contribution in [0.3, 0.4) is 0 Å². The van der Waals surface area contributed by atoms with Gasteiger partial charge in [0, 0.05) is 6.54 Å². The molecule has 6 heteroatoms. The zero-order valence-electron chi connectivity index (χ0n) is 10.4. The molecule has 106 valence electrons. The Hall–Kier alpha value is -1.40. The molecule has 0 aliphatic heterocycles. The fourth-order valence-corrected chi connectivity index (χ4v) is 1.67. The maximum atomic E-state index is 12.3. The Morgan fingerprint density at radius 3 is 2.63 bits per heavy atom. The van der Waals surface area contributed by atoms with Gasteiger partial charge in [0.15, 0.2) is 11.5 Å². The van der Waals surface area contributed by atoms with Gasteiger partial charge >= 0.3 is 6.61 Å². The van der Waals surface area contributed by atoms with Gasteiger partial charge in [0.05, 0.1) is 12.7 Å². The number of hydrogen-bond acceptors (Lipinski definition) is 4. The summed E-state index contributed by atoms with van der Waals surface area (Å²) in [7, 11) is 0. The molecule has 0 amide bonds. The monoisotopic (exact) mass is 273 g/mol. The minimum absolute atomic E-state index is 0.0244. The van der Waals surface area contributed by atoms with Gasteiger partial charge in [0.25, 0.3) is 0 Å². The van der Waals surface area contributed by atoms with Crippen LogP contribution in [-0.2, 0) is 0 Å². The van der Waals surface area contributed by atoms with E-state index < -0.39 is 12.7 Å². The summed E-state index contributed by atoms with van der Waals surface area (Å²) >= 11 is 0. The van der Waals surface area contributed by atoms with E-state index in [9.17, 15) is 13.9 Å². The maximum absolute atomic E-state index is 12.3. The average molecular weight is 273 g/mol. The minimum atomic E-state index is -2.91. The molecule has 2 rings (SSSR count). The molecule has 0 aromatic heterocycles. The molecule has 0 heterocycles. The van der Waals surface area contributed by atoms with Gasteiger partial charge in [-0.25, -0.2) is 0 Å². The fraction of sp³-hybridized carbons (Fsp3) is 0.538. The highest BCUT2D eigenvalue weighted by molar-refractivity contribution is 5.43. The van der Waals surface area contributed by atoms with Crippen molar-refractivity contribution in [2.75, 3.05) is 13.2 Å². The predicted octanol–water partition coefficient (Wildman–Crippen LogP) is 2.07. The molecule has 1 saturated carbocycles. The third-order valence-electron chi connectivity index (χ3n) is 2.96. The molecule has 1 fully saturated rings. The van der Waals surface area contributed by atoms with E-state index in [4.69, 9.17) is 10.5 Å². The topological polar surface area (TPSA) is 64.7 Å². The van der Waals surface area contributed by atoms with E-state index in [-0.39, 0.29) is 18.0 Å². The summed E-state index contributed by atoms with van der Waals surface area (Å²) in [6.45, 7) is -2.38. The number of benzene rings is 1. The van der Waals surface area contributed by atoms with Crippen molar-refractivity contribution in [3.05, 3.63) is 23.8 Å². The number of ether oxygens (including phenoxy) is 2. The molecule has 1 aliphatic rings. The largest absolute Gasteiger partial charge is 0.489 e. The van der Waals surface area contributed by atoms with Crippen molar-refractivity contribution in [3.8, 4) is 11.5 Å². The van der Waals surface area contributed by atoms with Gasteiger partial charge in [-0.1, -0.05) is 6.07 Å². The fourth-order valence-electron chi connectivity index (χ4n) is 1.67. The summed E-state index contributed by atoms with van der Waals surface area (Å²) in [6.07, 6.45) is 1.34. The van der Waals surface area contributed by atoms with Crippen LogP contribution in [0.15, 0.2) is 18.2 Å². The van der Waals surface area contributed by atoms with E-state index in [1.54, 1.807) is 0 Å². The number of halogens is 2.